The predicted molar refractivity (Wildman–Crippen MR) is 61.6 cm³/mol. The Morgan fingerprint density at radius 1 is 1.56 bits per heavy atom. The largest absolute Gasteiger partial charge is 0.375 e. The van der Waals surface area contributed by atoms with E-state index in [-0.39, 0.29) is 12.0 Å². The van der Waals surface area contributed by atoms with Crippen LogP contribution in [0.3, 0.4) is 0 Å². The fourth-order valence-corrected chi connectivity index (χ4v) is 1.92. The third-order valence-electron chi connectivity index (χ3n) is 2.86. The van der Waals surface area contributed by atoms with E-state index in [9.17, 15) is 0 Å². The van der Waals surface area contributed by atoms with Gasteiger partial charge in [-0.05, 0) is 18.1 Å². The lowest BCUT2D eigenvalue weighted by Crippen LogP contribution is -2.32. The SMILES string of the molecule is CC(C#N)CNC1COCc2ccccc21. The summed E-state index contributed by atoms with van der Waals surface area (Å²) < 4.78 is 5.53. The van der Waals surface area contributed by atoms with Crippen LogP contribution in [0.1, 0.15) is 24.1 Å². The van der Waals surface area contributed by atoms with Crippen LogP contribution >= 0.6 is 0 Å². The van der Waals surface area contributed by atoms with E-state index in [2.05, 4.69) is 23.5 Å². The normalized spacial score (nSPS) is 20.9. The zero-order valence-corrected chi connectivity index (χ0v) is 9.44. The molecular formula is C13H16N2O. The van der Waals surface area contributed by atoms with Crippen molar-refractivity contribution in [3.63, 3.8) is 0 Å². The van der Waals surface area contributed by atoms with Crippen molar-refractivity contribution >= 4 is 0 Å². The van der Waals surface area contributed by atoms with Gasteiger partial charge in [-0.1, -0.05) is 24.3 Å². The monoisotopic (exact) mass is 216 g/mol. The first-order valence-electron chi connectivity index (χ1n) is 5.60. The highest BCUT2D eigenvalue weighted by molar-refractivity contribution is 5.31. The van der Waals surface area contributed by atoms with Gasteiger partial charge in [0, 0.05) is 6.54 Å². The molecule has 0 saturated heterocycles. The van der Waals surface area contributed by atoms with Crippen LogP contribution in [0.2, 0.25) is 0 Å². The summed E-state index contributed by atoms with van der Waals surface area (Å²) in [5.41, 5.74) is 2.55. The lowest BCUT2D eigenvalue weighted by molar-refractivity contribution is 0.0816. The molecule has 1 aromatic carbocycles. The zero-order valence-electron chi connectivity index (χ0n) is 9.44. The van der Waals surface area contributed by atoms with Gasteiger partial charge < -0.3 is 10.1 Å². The summed E-state index contributed by atoms with van der Waals surface area (Å²) >= 11 is 0. The number of hydrogen-bond acceptors (Lipinski definition) is 3. The van der Waals surface area contributed by atoms with Crippen molar-refractivity contribution in [2.45, 2.75) is 19.6 Å². The predicted octanol–water partition coefficient (Wildman–Crippen LogP) is 2.01. The van der Waals surface area contributed by atoms with Crippen LogP contribution in [-0.2, 0) is 11.3 Å². The van der Waals surface area contributed by atoms with Crippen LogP contribution in [0.4, 0.5) is 0 Å². The summed E-state index contributed by atoms with van der Waals surface area (Å²) in [7, 11) is 0. The first kappa shape index (κ1) is 11.1. The van der Waals surface area contributed by atoms with Gasteiger partial charge in [0.1, 0.15) is 0 Å². The second-order valence-corrected chi connectivity index (χ2v) is 4.20. The lowest BCUT2D eigenvalue weighted by Gasteiger charge is -2.27. The molecule has 2 rings (SSSR count). The van der Waals surface area contributed by atoms with Crippen molar-refractivity contribution in [2.24, 2.45) is 5.92 Å². The van der Waals surface area contributed by atoms with E-state index in [1.165, 1.54) is 11.1 Å². The number of ether oxygens (including phenoxy) is 1. The van der Waals surface area contributed by atoms with E-state index >= 15 is 0 Å². The Hall–Kier alpha value is -1.37. The van der Waals surface area contributed by atoms with E-state index in [0.29, 0.717) is 19.8 Å². The van der Waals surface area contributed by atoms with Crippen LogP contribution < -0.4 is 5.32 Å². The molecule has 0 amide bonds. The number of nitrogens with one attached hydrogen (secondary N) is 1. The Labute approximate surface area is 96.0 Å². The molecule has 0 bridgehead atoms. The Morgan fingerprint density at radius 2 is 2.38 bits per heavy atom. The first-order chi connectivity index (χ1) is 7.81. The maximum absolute atomic E-state index is 8.74. The molecule has 84 valence electrons. The molecule has 3 heteroatoms. The molecule has 1 aromatic rings. The second-order valence-electron chi connectivity index (χ2n) is 4.20. The standard InChI is InChI=1S/C13H16N2O/c1-10(6-14)7-15-13-9-16-8-11-4-2-3-5-12(11)13/h2-5,10,13,15H,7-9H2,1H3. The highest BCUT2D eigenvalue weighted by atomic mass is 16.5. The van der Waals surface area contributed by atoms with Gasteiger partial charge in [-0.3, -0.25) is 0 Å². The molecule has 0 saturated carbocycles. The Balaban J connectivity index is 2.05. The number of fused-ring (bicyclic) bond motifs is 1. The van der Waals surface area contributed by atoms with Crippen molar-refractivity contribution < 1.29 is 4.74 Å². The average Bonchev–Trinajstić information content (AvgIpc) is 2.35. The summed E-state index contributed by atoms with van der Waals surface area (Å²) in [5, 5.41) is 12.1. The summed E-state index contributed by atoms with van der Waals surface area (Å²) in [5.74, 6) is 0.0362. The summed E-state index contributed by atoms with van der Waals surface area (Å²) in [6, 6.07) is 10.8. The minimum atomic E-state index is 0.0362. The Kier molecular flexibility index (Phi) is 3.55. The van der Waals surface area contributed by atoms with Crippen LogP contribution in [0, 0.1) is 17.2 Å². The zero-order chi connectivity index (χ0) is 11.4. The molecule has 16 heavy (non-hydrogen) atoms. The van der Waals surface area contributed by atoms with Crippen LogP contribution in [0.25, 0.3) is 0 Å². The van der Waals surface area contributed by atoms with Gasteiger partial charge in [0.25, 0.3) is 0 Å². The van der Waals surface area contributed by atoms with Gasteiger partial charge in [0.05, 0.1) is 31.2 Å². The topological polar surface area (TPSA) is 45.0 Å². The van der Waals surface area contributed by atoms with Crippen molar-refractivity contribution in [3.05, 3.63) is 35.4 Å². The van der Waals surface area contributed by atoms with Crippen LogP contribution in [0.5, 0.6) is 0 Å². The smallest absolute Gasteiger partial charge is 0.0721 e. The molecule has 2 atom stereocenters. The van der Waals surface area contributed by atoms with Crippen molar-refractivity contribution in [2.75, 3.05) is 13.2 Å². The van der Waals surface area contributed by atoms with Crippen molar-refractivity contribution in [1.82, 2.24) is 5.32 Å². The Morgan fingerprint density at radius 3 is 3.19 bits per heavy atom. The lowest BCUT2D eigenvalue weighted by atomic mass is 9.99. The third kappa shape index (κ3) is 2.41. The molecule has 0 radical (unpaired) electrons. The maximum Gasteiger partial charge on any atom is 0.0721 e. The summed E-state index contributed by atoms with van der Waals surface area (Å²) in [4.78, 5) is 0. The number of hydrogen-bond donors (Lipinski definition) is 1. The number of benzene rings is 1. The quantitative estimate of drug-likeness (QED) is 0.840. The van der Waals surface area contributed by atoms with Gasteiger partial charge in [0.2, 0.25) is 0 Å². The van der Waals surface area contributed by atoms with Crippen molar-refractivity contribution in [3.8, 4) is 6.07 Å². The maximum atomic E-state index is 8.74. The van der Waals surface area contributed by atoms with Gasteiger partial charge >= 0.3 is 0 Å². The van der Waals surface area contributed by atoms with Gasteiger partial charge in [0.15, 0.2) is 0 Å². The van der Waals surface area contributed by atoms with E-state index in [4.69, 9.17) is 10.00 Å². The molecule has 1 N–H and O–H groups in total. The highest BCUT2D eigenvalue weighted by Gasteiger charge is 2.19. The average molecular weight is 216 g/mol. The first-order valence-corrected chi connectivity index (χ1v) is 5.60. The molecule has 1 aliphatic heterocycles. The minimum Gasteiger partial charge on any atom is -0.375 e. The minimum absolute atomic E-state index is 0.0362. The number of nitrogens with zero attached hydrogens (tertiary/aromatic N) is 1. The van der Waals surface area contributed by atoms with Gasteiger partial charge in [-0.2, -0.15) is 5.26 Å². The number of nitriles is 1. The van der Waals surface area contributed by atoms with Crippen molar-refractivity contribution in [1.29, 1.82) is 5.26 Å². The van der Waals surface area contributed by atoms with Crippen LogP contribution in [0.15, 0.2) is 24.3 Å². The van der Waals surface area contributed by atoms with Gasteiger partial charge in [-0.15, -0.1) is 0 Å². The molecule has 2 unspecified atom stereocenters. The molecule has 0 aliphatic carbocycles. The van der Waals surface area contributed by atoms with E-state index in [1.807, 2.05) is 19.1 Å². The molecule has 3 nitrogen and oxygen atoms in total. The second kappa shape index (κ2) is 5.11. The summed E-state index contributed by atoms with van der Waals surface area (Å²) in [6.45, 7) is 4.01. The molecule has 0 spiro atoms. The molecular weight excluding hydrogens is 200 g/mol. The fourth-order valence-electron chi connectivity index (χ4n) is 1.92. The van der Waals surface area contributed by atoms with Crippen LogP contribution in [-0.4, -0.2) is 13.2 Å². The summed E-state index contributed by atoms with van der Waals surface area (Å²) in [6.07, 6.45) is 0. The molecule has 0 fully saturated rings. The molecule has 1 heterocycles. The number of rotatable bonds is 3. The molecule has 0 aromatic heterocycles. The van der Waals surface area contributed by atoms with Gasteiger partial charge in [-0.25, -0.2) is 0 Å². The highest BCUT2D eigenvalue weighted by Crippen LogP contribution is 2.24. The fraction of sp³-hybridized carbons (Fsp3) is 0.462. The van der Waals surface area contributed by atoms with E-state index < -0.39 is 0 Å². The third-order valence-corrected chi connectivity index (χ3v) is 2.86. The van der Waals surface area contributed by atoms with E-state index in [1.54, 1.807) is 0 Å². The Bertz CT molecular complexity index is 397. The van der Waals surface area contributed by atoms with E-state index in [0.717, 1.165) is 0 Å². The molecule has 1 aliphatic rings.